The van der Waals surface area contributed by atoms with Crippen LogP contribution >= 0.6 is 0 Å². The Morgan fingerprint density at radius 3 is 2.78 bits per heavy atom. The van der Waals surface area contributed by atoms with Gasteiger partial charge in [0.05, 0.1) is 6.10 Å². The fraction of sp³-hybridized carbons (Fsp3) is 0.500. The Kier molecular flexibility index (Phi) is 5.23. The third-order valence-corrected chi connectivity index (χ3v) is 1.00. The zero-order valence-corrected chi connectivity index (χ0v) is 5.88. The lowest BCUT2D eigenvalue weighted by Gasteiger charge is -1.97. The van der Waals surface area contributed by atoms with Gasteiger partial charge in [0, 0.05) is 0 Å². The van der Waals surface area contributed by atoms with Crippen molar-refractivity contribution in [2.24, 2.45) is 0 Å². The molecule has 0 saturated carbocycles. The van der Waals surface area contributed by atoms with Crippen LogP contribution in [0.15, 0.2) is 24.8 Å². The molecule has 0 radical (unpaired) electrons. The Balaban J connectivity index is 3.35. The Bertz CT molecular complexity index is 94.7. The highest BCUT2D eigenvalue weighted by atomic mass is 16.3. The van der Waals surface area contributed by atoms with E-state index in [9.17, 15) is 0 Å². The summed E-state index contributed by atoms with van der Waals surface area (Å²) in [4.78, 5) is 0. The third-order valence-electron chi connectivity index (χ3n) is 1.00. The first kappa shape index (κ1) is 8.44. The average Bonchev–Trinajstić information content (AvgIpc) is 1.85. The van der Waals surface area contributed by atoms with Crippen molar-refractivity contribution in [2.45, 2.75) is 25.9 Å². The van der Waals surface area contributed by atoms with Crippen LogP contribution in [0.1, 0.15) is 19.8 Å². The lowest BCUT2D eigenvalue weighted by atomic mass is 10.2. The summed E-state index contributed by atoms with van der Waals surface area (Å²) in [6, 6.07) is 0. The number of allylic oxidation sites excluding steroid dienone is 1. The van der Waals surface area contributed by atoms with Crippen LogP contribution in [0.3, 0.4) is 0 Å². The van der Waals surface area contributed by atoms with E-state index in [0.29, 0.717) is 6.42 Å². The Hall–Kier alpha value is -0.560. The summed E-state index contributed by atoms with van der Waals surface area (Å²) in [6.07, 6.45) is 6.76. The Morgan fingerprint density at radius 1 is 1.67 bits per heavy atom. The molecule has 0 aromatic rings. The fourth-order valence-corrected chi connectivity index (χ4v) is 0.542. The molecule has 0 aliphatic heterocycles. The van der Waals surface area contributed by atoms with Crippen LogP contribution in [0.25, 0.3) is 0 Å². The van der Waals surface area contributed by atoms with E-state index >= 15 is 0 Å². The minimum absolute atomic E-state index is 0.331. The van der Waals surface area contributed by atoms with Gasteiger partial charge < -0.3 is 5.11 Å². The fourth-order valence-electron chi connectivity index (χ4n) is 0.542. The molecule has 0 aromatic carbocycles. The molecule has 1 heteroatoms. The smallest absolute Gasteiger partial charge is 0.0755 e. The van der Waals surface area contributed by atoms with E-state index in [1.807, 2.05) is 13.0 Å². The van der Waals surface area contributed by atoms with Gasteiger partial charge in [0.25, 0.3) is 0 Å². The Morgan fingerprint density at radius 2 is 2.33 bits per heavy atom. The lowest BCUT2D eigenvalue weighted by Crippen LogP contribution is -1.98. The molecule has 0 saturated heterocycles. The van der Waals surface area contributed by atoms with Crippen molar-refractivity contribution < 1.29 is 5.11 Å². The maximum atomic E-state index is 9.02. The molecule has 0 aromatic heterocycles. The molecule has 0 bridgehead atoms. The molecular weight excluding hydrogens is 112 g/mol. The first-order valence-electron chi connectivity index (χ1n) is 3.26. The summed E-state index contributed by atoms with van der Waals surface area (Å²) in [5.41, 5.74) is 0. The number of hydrogen-bond donors (Lipinski definition) is 1. The van der Waals surface area contributed by atoms with Crippen LogP contribution in [0.4, 0.5) is 0 Å². The van der Waals surface area contributed by atoms with Crippen molar-refractivity contribution in [3.05, 3.63) is 24.8 Å². The van der Waals surface area contributed by atoms with Crippen LogP contribution in [0, 0.1) is 0 Å². The van der Waals surface area contributed by atoms with Gasteiger partial charge in [0.15, 0.2) is 0 Å². The maximum absolute atomic E-state index is 9.02. The molecule has 1 N–H and O–H groups in total. The zero-order chi connectivity index (χ0) is 7.11. The predicted molar refractivity (Wildman–Crippen MR) is 40.3 cm³/mol. The van der Waals surface area contributed by atoms with Crippen molar-refractivity contribution in [1.29, 1.82) is 0 Å². The van der Waals surface area contributed by atoms with E-state index in [-0.39, 0.29) is 6.10 Å². The van der Waals surface area contributed by atoms with Crippen molar-refractivity contribution in [2.75, 3.05) is 0 Å². The molecule has 0 aliphatic rings. The van der Waals surface area contributed by atoms with Gasteiger partial charge in [-0.05, 0) is 12.8 Å². The van der Waals surface area contributed by atoms with Crippen LogP contribution in [0.2, 0.25) is 0 Å². The van der Waals surface area contributed by atoms with Gasteiger partial charge in [-0.25, -0.2) is 0 Å². The van der Waals surface area contributed by atoms with Crippen molar-refractivity contribution >= 4 is 0 Å². The molecule has 52 valence electrons. The second kappa shape index (κ2) is 5.57. The first-order valence-corrected chi connectivity index (χ1v) is 3.26. The normalized spacial score (nSPS) is 14.0. The largest absolute Gasteiger partial charge is 0.389 e. The standard InChI is InChI=1S/C8H14O/c1-3-5-7-8(9)6-4-2/h4-5,7-9H,2-3,6H2,1H3/b7-5+/t8-/m0/s1. The van der Waals surface area contributed by atoms with E-state index in [1.165, 1.54) is 0 Å². The Labute approximate surface area is 56.7 Å². The lowest BCUT2D eigenvalue weighted by molar-refractivity contribution is 0.227. The first-order chi connectivity index (χ1) is 4.31. The number of aliphatic hydroxyl groups is 1. The predicted octanol–water partition coefficient (Wildman–Crippen LogP) is 1.89. The number of hydrogen-bond acceptors (Lipinski definition) is 1. The van der Waals surface area contributed by atoms with Gasteiger partial charge in [-0.3, -0.25) is 0 Å². The van der Waals surface area contributed by atoms with E-state index in [2.05, 4.69) is 6.58 Å². The van der Waals surface area contributed by atoms with Gasteiger partial charge in [0.1, 0.15) is 0 Å². The summed E-state index contributed by atoms with van der Waals surface area (Å²) in [5, 5.41) is 9.02. The molecule has 0 spiro atoms. The second-order valence-corrected chi connectivity index (χ2v) is 1.93. The molecule has 0 unspecified atom stereocenters. The van der Waals surface area contributed by atoms with E-state index in [1.54, 1.807) is 12.2 Å². The summed E-state index contributed by atoms with van der Waals surface area (Å²) < 4.78 is 0. The summed E-state index contributed by atoms with van der Waals surface area (Å²) in [5.74, 6) is 0. The number of aliphatic hydroxyl groups excluding tert-OH is 1. The van der Waals surface area contributed by atoms with Crippen LogP contribution in [0.5, 0.6) is 0 Å². The minimum atomic E-state index is -0.331. The van der Waals surface area contributed by atoms with Crippen molar-refractivity contribution in [3.8, 4) is 0 Å². The van der Waals surface area contributed by atoms with Gasteiger partial charge in [0.2, 0.25) is 0 Å². The van der Waals surface area contributed by atoms with Gasteiger partial charge in [-0.1, -0.05) is 25.2 Å². The molecule has 0 amide bonds. The van der Waals surface area contributed by atoms with E-state index in [0.717, 1.165) is 6.42 Å². The highest BCUT2D eigenvalue weighted by Gasteiger charge is 1.90. The molecule has 0 heterocycles. The minimum Gasteiger partial charge on any atom is -0.389 e. The zero-order valence-electron chi connectivity index (χ0n) is 5.88. The van der Waals surface area contributed by atoms with E-state index < -0.39 is 0 Å². The van der Waals surface area contributed by atoms with Crippen LogP contribution < -0.4 is 0 Å². The molecule has 0 aliphatic carbocycles. The molecule has 0 rings (SSSR count). The summed E-state index contributed by atoms with van der Waals surface area (Å²) in [6.45, 7) is 5.55. The molecule has 0 fully saturated rings. The molecule has 9 heavy (non-hydrogen) atoms. The van der Waals surface area contributed by atoms with Gasteiger partial charge in [-0.15, -0.1) is 6.58 Å². The highest BCUT2D eigenvalue weighted by molar-refractivity contribution is 4.90. The topological polar surface area (TPSA) is 20.2 Å². The van der Waals surface area contributed by atoms with Gasteiger partial charge in [-0.2, -0.15) is 0 Å². The summed E-state index contributed by atoms with van der Waals surface area (Å²) >= 11 is 0. The van der Waals surface area contributed by atoms with Gasteiger partial charge >= 0.3 is 0 Å². The quantitative estimate of drug-likeness (QED) is 0.570. The molecule has 1 atom stereocenters. The van der Waals surface area contributed by atoms with Crippen LogP contribution in [-0.4, -0.2) is 11.2 Å². The second-order valence-electron chi connectivity index (χ2n) is 1.93. The monoisotopic (exact) mass is 126 g/mol. The molecule has 1 nitrogen and oxygen atoms in total. The van der Waals surface area contributed by atoms with Crippen LogP contribution in [-0.2, 0) is 0 Å². The van der Waals surface area contributed by atoms with Crippen molar-refractivity contribution in [1.82, 2.24) is 0 Å². The maximum Gasteiger partial charge on any atom is 0.0755 e. The summed E-state index contributed by atoms with van der Waals surface area (Å²) in [7, 11) is 0. The van der Waals surface area contributed by atoms with E-state index in [4.69, 9.17) is 5.11 Å². The average molecular weight is 126 g/mol. The van der Waals surface area contributed by atoms with Crippen molar-refractivity contribution in [3.63, 3.8) is 0 Å². The third kappa shape index (κ3) is 5.31. The number of rotatable bonds is 4. The molecular formula is C8H14O. The highest BCUT2D eigenvalue weighted by Crippen LogP contribution is 1.94. The SMILES string of the molecule is C=CC[C@H](O)/C=C/CC.